The van der Waals surface area contributed by atoms with Crippen molar-refractivity contribution in [2.24, 2.45) is 0 Å². The molecule has 0 unspecified atom stereocenters. The van der Waals surface area contributed by atoms with Crippen LogP contribution >= 0.6 is 0 Å². The number of thiol groups is 1. The van der Waals surface area contributed by atoms with Crippen LogP contribution < -0.4 is 14.8 Å². The largest absolute Gasteiger partial charge is 0.497 e. The Kier molecular flexibility index (Phi) is 8.27. The van der Waals surface area contributed by atoms with E-state index >= 15 is 0 Å². The van der Waals surface area contributed by atoms with Crippen molar-refractivity contribution >= 4 is 22.5 Å². The molecule has 3 rings (SSSR count). The van der Waals surface area contributed by atoms with Crippen LogP contribution in [0.3, 0.4) is 0 Å². The number of hydrogen-bond donors (Lipinski definition) is 4. The van der Waals surface area contributed by atoms with E-state index in [1.165, 1.54) is 0 Å². The smallest absolute Gasteiger partial charge is 0.222 e. The fourth-order valence-corrected chi connectivity index (χ4v) is 3.72. The lowest BCUT2D eigenvalue weighted by Gasteiger charge is -2.17. The van der Waals surface area contributed by atoms with Crippen LogP contribution in [0.1, 0.15) is 42.0 Å². The van der Waals surface area contributed by atoms with Gasteiger partial charge in [-0.3, -0.25) is 9.52 Å². The molecule has 3 aromatic rings. The van der Waals surface area contributed by atoms with Gasteiger partial charge < -0.3 is 15.0 Å². The first-order valence-electron chi connectivity index (χ1n) is 10.4. The number of amides is 1. The van der Waals surface area contributed by atoms with Crippen LogP contribution in [0.4, 0.5) is 5.69 Å². The van der Waals surface area contributed by atoms with Crippen LogP contribution in [0.5, 0.6) is 5.75 Å². The maximum atomic E-state index is 12.7. The normalized spacial score (nSPS) is 11.8. The van der Waals surface area contributed by atoms with Gasteiger partial charge in [0.15, 0.2) is 0 Å². The Bertz CT molecular complexity index is 1100. The second-order valence-corrected chi connectivity index (χ2v) is 8.11. The third-order valence-electron chi connectivity index (χ3n) is 5.07. The van der Waals surface area contributed by atoms with Gasteiger partial charge >= 0.3 is 0 Å². The third kappa shape index (κ3) is 6.84. The highest BCUT2D eigenvalue weighted by atomic mass is 32.2. The maximum Gasteiger partial charge on any atom is 0.222 e. The van der Waals surface area contributed by atoms with Gasteiger partial charge in [-0.1, -0.05) is 31.2 Å². The maximum absolute atomic E-state index is 12.7. The van der Waals surface area contributed by atoms with Crippen LogP contribution in [0.15, 0.2) is 54.7 Å². The summed E-state index contributed by atoms with van der Waals surface area (Å²) in [7, 11) is -1.09. The van der Waals surface area contributed by atoms with Crippen molar-refractivity contribution in [2.75, 3.05) is 11.8 Å². The zero-order valence-electron chi connectivity index (χ0n) is 18.1. The summed E-state index contributed by atoms with van der Waals surface area (Å²) in [6.07, 6.45) is 4.10. The van der Waals surface area contributed by atoms with Gasteiger partial charge in [-0.05, 0) is 54.7 Å². The molecule has 1 amide bonds. The van der Waals surface area contributed by atoms with E-state index < -0.39 is 10.9 Å². The molecule has 2 aromatic carbocycles. The van der Waals surface area contributed by atoms with E-state index in [-0.39, 0.29) is 11.9 Å². The second-order valence-electron chi connectivity index (χ2n) is 7.37. The fraction of sp³-hybridized carbons (Fsp3) is 0.304. The van der Waals surface area contributed by atoms with Crippen molar-refractivity contribution in [2.45, 2.75) is 38.6 Å². The minimum atomic E-state index is -2.71. The number of rotatable bonds is 11. The lowest BCUT2D eigenvalue weighted by molar-refractivity contribution is -0.121. The van der Waals surface area contributed by atoms with Crippen LogP contribution in [-0.2, 0) is 34.9 Å². The molecule has 3 N–H and O–H groups in total. The number of nitrogens with zero attached hydrogens (tertiary/aromatic N) is 1. The van der Waals surface area contributed by atoms with Gasteiger partial charge in [0.25, 0.3) is 0 Å². The SMILES string of the molecule is CCc1c[nH]c([C@H](Cc2ccc(N[SH](=O)=O)cc2)NC(=O)CCc2cccc(OC)c2)n1. The van der Waals surface area contributed by atoms with Gasteiger partial charge in [0, 0.05) is 18.3 Å². The van der Waals surface area contributed by atoms with E-state index in [0.717, 1.165) is 29.0 Å². The predicted molar refractivity (Wildman–Crippen MR) is 124 cm³/mol. The topological polar surface area (TPSA) is 113 Å². The number of imidazole rings is 1. The minimum absolute atomic E-state index is 0.0751. The average molecular weight is 457 g/mol. The summed E-state index contributed by atoms with van der Waals surface area (Å²) in [4.78, 5) is 20.5. The van der Waals surface area contributed by atoms with E-state index in [2.05, 4.69) is 20.0 Å². The Labute approximate surface area is 189 Å². The van der Waals surface area contributed by atoms with Crippen LogP contribution in [0.2, 0.25) is 0 Å². The summed E-state index contributed by atoms with van der Waals surface area (Å²) in [5, 5.41) is 3.09. The fourth-order valence-electron chi connectivity index (χ4n) is 3.36. The lowest BCUT2D eigenvalue weighted by Crippen LogP contribution is -2.31. The summed E-state index contributed by atoms with van der Waals surface area (Å²) < 4.78 is 29.3. The molecule has 1 heterocycles. The van der Waals surface area contributed by atoms with Gasteiger partial charge in [-0.2, -0.15) is 0 Å². The van der Waals surface area contributed by atoms with E-state index in [9.17, 15) is 13.2 Å². The molecule has 0 radical (unpaired) electrons. The quantitative estimate of drug-likeness (QED) is 0.331. The Morgan fingerprint density at radius 3 is 2.59 bits per heavy atom. The number of carbonyl (C=O) groups excluding carboxylic acids is 1. The van der Waals surface area contributed by atoms with Crippen molar-refractivity contribution in [3.8, 4) is 5.75 Å². The molecule has 0 spiro atoms. The molecule has 9 heteroatoms. The Hall–Kier alpha value is -3.33. The van der Waals surface area contributed by atoms with Crippen LogP contribution in [0.25, 0.3) is 0 Å². The molecule has 170 valence electrons. The molecule has 1 aromatic heterocycles. The summed E-state index contributed by atoms with van der Waals surface area (Å²) in [6, 6.07) is 14.4. The first kappa shape index (κ1) is 23.3. The molecule has 0 saturated heterocycles. The number of anilines is 1. The van der Waals surface area contributed by atoms with Crippen molar-refractivity contribution < 1.29 is 17.9 Å². The molecule has 0 aliphatic heterocycles. The first-order valence-corrected chi connectivity index (χ1v) is 11.6. The highest BCUT2D eigenvalue weighted by Gasteiger charge is 2.19. The Morgan fingerprint density at radius 2 is 1.94 bits per heavy atom. The van der Waals surface area contributed by atoms with Crippen molar-refractivity contribution in [3.05, 3.63) is 77.4 Å². The van der Waals surface area contributed by atoms with Gasteiger partial charge in [-0.25, -0.2) is 13.4 Å². The number of nitrogens with one attached hydrogen (secondary N) is 3. The van der Waals surface area contributed by atoms with Crippen molar-refractivity contribution in [3.63, 3.8) is 0 Å². The molecule has 0 aliphatic carbocycles. The first-order chi connectivity index (χ1) is 15.5. The molecule has 0 aliphatic rings. The zero-order chi connectivity index (χ0) is 22.9. The Morgan fingerprint density at radius 1 is 1.16 bits per heavy atom. The third-order valence-corrected chi connectivity index (χ3v) is 5.51. The summed E-state index contributed by atoms with van der Waals surface area (Å²) in [5.41, 5.74) is 3.40. The highest BCUT2D eigenvalue weighted by Crippen LogP contribution is 2.19. The molecule has 8 nitrogen and oxygen atoms in total. The molecule has 1 atom stereocenters. The number of methoxy groups -OCH3 is 1. The number of H-pyrrole nitrogens is 1. The summed E-state index contributed by atoms with van der Waals surface area (Å²) in [5.74, 6) is 1.39. The highest BCUT2D eigenvalue weighted by molar-refractivity contribution is 7.73. The number of ether oxygens (including phenoxy) is 1. The van der Waals surface area contributed by atoms with Crippen LogP contribution in [-0.4, -0.2) is 31.4 Å². The van der Waals surface area contributed by atoms with Gasteiger partial charge in [0.1, 0.15) is 11.6 Å². The number of aryl methyl sites for hydroxylation is 2. The second kappa shape index (κ2) is 11.3. The standard InChI is InChI=1S/C23H28N4O4S/c1-3-18-15-24-23(25-18)21(14-17-7-10-19(11-8-17)27-32(29)30)26-22(28)12-9-16-5-4-6-20(13-16)31-2/h4-8,10-11,13,15,21,32H,3,9,12,14H2,1-2H3,(H,24,25)(H,26,28)(H,27,29,30)/t21-/m0/s1. The number of benzene rings is 2. The molecule has 0 fully saturated rings. The van der Waals surface area contributed by atoms with E-state index in [4.69, 9.17) is 4.74 Å². The van der Waals surface area contributed by atoms with Gasteiger partial charge in [0.2, 0.25) is 16.8 Å². The van der Waals surface area contributed by atoms with Crippen molar-refractivity contribution in [1.82, 2.24) is 15.3 Å². The van der Waals surface area contributed by atoms with Gasteiger partial charge in [0.05, 0.1) is 18.8 Å². The van der Waals surface area contributed by atoms with E-state index in [0.29, 0.717) is 30.8 Å². The van der Waals surface area contributed by atoms with Crippen molar-refractivity contribution in [1.29, 1.82) is 0 Å². The summed E-state index contributed by atoms with van der Waals surface area (Å²) >= 11 is 0. The van der Waals surface area contributed by atoms with E-state index in [1.54, 1.807) is 19.2 Å². The molecule has 32 heavy (non-hydrogen) atoms. The number of aromatic nitrogens is 2. The lowest BCUT2D eigenvalue weighted by atomic mass is 10.0. The average Bonchev–Trinajstić information content (AvgIpc) is 3.28. The molecule has 0 saturated carbocycles. The monoisotopic (exact) mass is 456 g/mol. The van der Waals surface area contributed by atoms with Crippen LogP contribution in [0, 0.1) is 0 Å². The Balaban J connectivity index is 1.68. The number of carbonyl (C=O) groups is 1. The predicted octanol–water partition coefficient (Wildman–Crippen LogP) is 2.95. The number of aromatic amines is 1. The molecular weight excluding hydrogens is 428 g/mol. The molecular formula is C23H28N4O4S. The number of hydrogen-bond acceptors (Lipinski definition) is 5. The minimum Gasteiger partial charge on any atom is -0.497 e. The molecule has 0 bridgehead atoms. The summed E-state index contributed by atoms with van der Waals surface area (Å²) in [6.45, 7) is 2.02. The van der Waals surface area contributed by atoms with Gasteiger partial charge in [-0.15, -0.1) is 0 Å². The zero-order valence-corrected chi connectivity index (χ0v) is 19.0. The van der Waals surface area contributed by atoms with E-state index in [1.807, 2.05) is 49.5 Å².